The van der Waals surface area contributed by atoms with E-state index in [1.165, 1.54) is 10.5 Å². The molecular formula is C14H22OSSi. The van der Waals surface area contributed by atoms with E-state index in [2.05, 4.69) is 57.8 Å². The summed E-state index contributed by atoms with van der Waals surface area (Å²) >= 11 is 1.74. The van der Waals surface area contributed by atoms with E-state index in [1.807, 2.05) is 6.07 Å². The molecule has 0 aliphatic rings. The molecule has 3 heteroatoms. The molecule has 0 unspecified atom stereocenters. The molecular weight excluding hydrogens is 244 g/mol. The molecule has 0 bridgehead atoms. The van der Waals surface area contributed by atoms with Crippen molar-refractivity contribution in [1.82, 2.24) is 0 Å². The minimum absolute atomic E-state index is 1.04. The van der Waals surface area contributed by atoms with Crippen molar-refractivity contribution in [1.29, 1.82) is 0 Å². The number of benzene rings is 1. The van der Waals surface area contributed by atoms with Crippen molar-refractivity contribution in [2.24, 2.45) is 0 Å². The van der Waals surface area contributed by atoms with E-state index in [-0.39, 0.29) is 0 Å². The van der Waals surface area contributed by atoms with Crippen LogP contribution >= 0.6 is 11.8 Å². The third kappa shape index (κ3) is 5.46. The van der Waals surface area contributed by atoms with E-state index in [0.29, 0.717) is 0 Å². The van der Waals surface area contributed by atoms with Crippen LogP contribution in [0, 0.1) is 0 Å². The summed E-state index contributed by atoms with van der Waals surface area (Å²) in [5.41, 5.74) is 1.33. The summed E-state index contributed by atoms with van der Waals surface area (Å²) in [6.07, 6.45) is 1.04. The van der Waals surface area contributed by atoms with Crippen molar-refractivity contribution in [3.05, 3.63) is 41.0 Å². The van der Waals surface area contributed by atoms with Crippen LogP contribution in [0.5, 0.6) is 0 Å². The van der Waals surface area contributed by atoms with Crippen LogP contribution in [0.1, 0.15) is 20.3 Å². The number of hydrogen-bond acceptors (Lipinski definition) is 2. The Hall–Kier alpha value is -0.673. The highest BCUT2D eigenvalue weighted by Crippen LogP contribution is 2.32. The molecule has 0 aliphatic carbocycles. The largest absolute Gasteiger partial charge is 0.540 e. The van der Waals surface area contributed by atoms with Crippen molar-refractivity contribution < 1.29 is 4.43 Å². The van der Waals surface area contributed by atoms with Crippen LogP contribution in [0.25, 0.3) is 0 Å². The molecule has 1 aromatic rings. The Morgan fingerprint density at radius 1 is 1.18 bits per heavy atom. The molecule has 0 saturated heterocycles. The number of hydrogen-bond donors (Lipinski definition) is 0. The lowest BCUT2D eigenvalue weighted by Crippen LogP contribution is -2.24. The monoisotopic (exact) mass is 266 g/mol. The smallest absolute Gasteiger partial charge is 0.242 e. The van der Waals surface area contributed by atoms with Gasteiger partial charge in [-0.25, -0.2) is 0 Å². The summed E-state index contributed by atoms with van der Waals surface area (Å²) in [5, 5.41) is 1.10. The molecule has 1 nitrogen and oxygen atoms in total. The second-order valence-electron chi connectivity index (χ2n) is 5.05. The van der Waals surface area contributed by atoms with Gasteiger partial charge in [0, 0.05) is 4.90 Å². The van der Waals surface area contributed by atoms with E-state index >= 15 is 0 Å². The first kappa shape index (κ1) is 14.4. The van der Waals surface area contributed by atoms with Crippen molar-refractivity contribution >= 4 is 20.1 Å². The van der Waals surface area contributed by atoms with E-state index in [4.69, 9.17) is 4.43 Å². The molecule has 0 amide bonds. The van der Waals surface area contributed by atoms with Crippen LogP contribution in [-0.4, -0.2) is 8.32 Å². The van der Waals surface area contributed by atoms with Gasteiger partial charge in [-0.1, -0.05) is 36.9 Å². The van der Waals surface area contributed by atoms with Gasteiger partial charge in [-0.2, -0.15) is 0 Å². The van der Waals surface area contributed by atoms with E-state index in [9.17, 15) is 0 Å². The molecule has 0 fully saturated rings. The standard InChI is InChI=1S/C14H22OSSi/c1-6-12(2)14(15-17(3,4)5)16-13-10-8-7-9-11-13/h7-11H,6H2,1-5H3/b14-12-. The average molecular weight is 266 g/mol. The Morgan fingerprint density at radius 3 is 2.24 bits per heavy atom. The maximum Gasteiger partial charge on any atom is 0.242 e. The van der Waals surface area contributed by atoms with Gasteiger partial charge in [0.1, 0.15) is 5.09 Å². The van der Waals surface area contributed by atoms with Crippen LogP contribution in [-0.2, 0) is 4.43 Å². The highest BCUT2D eigenvalue weighted by atomic mass is 32.2. The number of thioether (sulfide) groups is 1. The van der Waals surface area contributed by atoms with Gasteiger partial charge in [0.2, 0.25) is 8.32 Å². The van der Waals surface area contributed by atoms with E-state index in [0.717, 1.165) is 11.5 Å². The fraction of sp³-hybridized carbons (Fsp3) is 0.429. The lowest BCUT2D eigenvalue weighted by atomic mass is 10.3. The van der Waals surface area contributed by atoms with Gasteiger partial charge in [-0.15, -0.1) is 0 Å². The minimum Gasteiger partial charge on any atom is -0.540 e. The van der Waals surface area contributed by atoms with Crippen LogP contribution in [0.4, 0.5) is 0 Å². The van der Waals surface area contributed by atoms with Crippen molar-refractivity contribution in [2.75, 3.05) is 0 Å². The van der Waals surface area contributed by atoms with Crippen LogP contribution in [0.15, 0.2) is 45.9 Å². The summed E-state index contributed by atoms with van der Waals surface area (Å²) in [4.78, 5) is 1.24. The maximum atomic E-state index is 6.18. The quantitative estimate of drug-likeness (QED) is 0.408. The van der Waals surface area contributed by atoms with Crippen molar-refractivity contribution in [3.63, 3.8) is 0 Å². The summed E-state index contributed by atoms with van der Waals surface area (Å²) in [6, 6.07) is 10.4. The van der Waals surface area contributed by atoms with Crippen LogP contribution in [0.3, 0.4) is 0 Å². The second kappa shape index (κ2) is 6.31. The van der Waals surface area contributed by atoms with Gasteiger partial charge in [0.15, 0.2) is 0 Å². The normalized spacial score (nSPS) is 13.2. The van der Waals surface area contributed by atoms with Crippen molar-refractivity contribution in [2.45, 2.75) is 44.8 Å². The molecule has 1 rings (SSSR count). The highest BCUT2D eigenvalue weighted by Gasteiger charge is 2.19. The van der Waals surface area contributed by atoms with Crippen molar-refractivity contribution in [3.8, 4) is 0 Å². The Morgan fingerprint density at radius 2 is 1.76 bits per heavy atom. The summed E-state index contributed by atoms with van der Waals surface area (Å²) < 4.78 is 6.18. The molecule has 0 atom stereocenters. The first-order valence-corrected chi connectivity index (χ1v) is 10.3. The van der Waals surface area contributed by atoms with E-state index in [1.54, 1.807) is 11.8 Å². The lowest BCUT2D eigenvalue weighted by molar-refractivity contribution is 0.455. The third-order valence-corrected chi connectivity index (χ3v) is 4.32. The molecule has 17 heavy (non-hydrogen) atoms. The summed E-state index contributed by atoms with van der Waals surface area (Å²) in [6.45, 7) is 11.0. The topological polar surface area (TPSA) is 9.23 Å². The first-order valence-electron chi connectivity index (χ1n) is 6.04. The summed E-state index contributed by atoms with van der Waals surface area (Å²) in [5.74, 6) is 0. The Kier molecular flexibility index (Phi) is 5.34. The summed E-state index contributed by atoms with van der Waals surface area (Å²) in [7, 11) is -1.53. The molecule has 0 aliphatic heterocycles. The SMILES string of the molecule is CC/C(C)=C(/O[Si](C)(C)C)Sc1ccccc1. The molecule has 0 aromatic heterocycles. The Bertz CT molecular complexity index is 379. The lowest BCUT2D eigenvalue weighted by Gasteiger charge is -2.23. The molecule has 0 spiro atoms. The molecule has 0 heterocycles. The average Bonchev–Trinajstić information content (AvgIpc) is 2.27. The third-order valence-electron chi connectivity index (χ3n) is 2.23. The zero-order valence-corrected chi connectivity index (χ0v) is 13.2. The van der Waals surface area contributed by atoms with E-state index < -0.39 is 8.32 Å². The van der Waals surface area contributed by atoms with Gasteiger partial charge in [0.05, 0.1) is 0 Å². The Balaban J connectivity index is 2.87. The molecule has 1 aromatic carbocycles. The highest BCUT2D eigenvalue weighted by molar-refractivity contribution is 8.03. The second-order valence-corrected chi connectivity index (χ2v) is 10.5. The zero-order chi connectivity index (χ0) is 12.9. The predicted molar refractivity (Wildman–Crippen MR) is 79.7 cm³/mol. The van der Waals surface area contributed by atoms with Gasteiger partial charge in [-0.3, -0.25) is 0 Å². The van der Waals surface area contributed by atoms with Gasteiger partial charge < -0.3 is 4.43 Å². The fourth-order valence-corrected chi connectivity index (χ4v) is 3.69. The predicted octanol–water partition coefficient (Wildman–Crippen LogP) is 5.27. The van der Waals surface area contributed by atoms with Crippen LogP contribution < -0.4 is 0 Å². The van der Waals surface area contributed by atoms with Gasteiger partial charge >= 0.3 is 0 Å². The number of allylic oxidation sites excluding steroid dienone is 1. The molecule has 0 radical (unpaired) electrons. The fourth-order valence-electron chi connectivity index (χ4n) is 1.21. The first-order chi connectivity index (χ1) is 7.92. The zero-order valence-electron chi connectivity index (χ0n) is 11.4. The minimum atomic E-state index is -1.53. The molecule has 0 saturated carbocycles. The van der Waals surface area contributed by atoms with Gasteiger partial charge in [0.25, 0.3) is 0 Å². The van der Waals surface area contributed by atoms with Gasteiger partial charge in [-0.05, 0) is 50.7 Å². The maximum absolute atomic E-state index is 6.18. The van der Waals surface area contributed by atoms with Crippen LogP contribution in [0.2, 0.25) is 19.6 Å². The molecule has 94 valence electrons. The number of rotatable bonds is 5. The Labute approximate surface area is 110 Å². The molecule has 0 N–H and O–H groups in total.